The van der Waals surface area contributed by atoms with E-state index >= 15 is 0 Å². The van der Waals surface area contributed by atoms with Crippen molar-refractivity contribution in [3.63, 3.8) is 0 Å². The van der Waals surface area contributed by atoms with Gasteiger partial charge in [-0.2, -0.15) is 15.2 Å². The second-order valence-electron chi connectivity index (χ2n) is 11.2. The zero-order valence-electron chi connectivity index (χ0n) is 22.5. The van der Waals surface area contributed by atoms with E-state index in [0.29, 0.717) is 31.0 Å². The van der Waals surface area contributed by atoms with Gasteiger partial charge in [0.25, 0.3) is 0 Å². The van der Waals surface area contributed by atoms with Crippen molar-refractivity contribution in [2.24, 2.45) is 5.92 Å². The van der Waals surface area contributed by atoms with Crippen LogP contribution >= 0.6 is 0 Å². The molecule has 198 valence electrons. The molecule has 7 nitrogen and oxygen atoms in total. The maximum Gasteiger partial charge on any atom is 0.318 e. The standard InChI is InChI=1S/C31H38N6O/c1-35-17-6-11-25(35)22-38-31-33-28-21-36(29-14-4-10-24-9-2-3-12-26(24)29)18-7-13-27(28)30(34-31)37-19-5-8-23(20-37)15-16-32/h2-4,9-10,12,14,23,25H,5-8,11,13,15,17-22H2,1H3/t23-,25-/m0/s1. The Balaban J connectivity index is 1.35. The van der Waals surface area contributed by atoms with Crippen molar-refractivity contribution in [1.29, 1.82) is 5.26 Å². The molecule has 6 rings (SSSR count). The van der Waals surface area contributed by atoms with Crippen LogP contribution in [-0.2, 0) is 13.0 Å². The molecule has 0 saturated carbocycles. The number of likely N-dealkylation sites (N-methyl/N-ethyl adjacent to an activating group) is 1. The second kappa shape index (κ2) is 11.2. The van der Waals surface area contributed by atoms with Gasteiger partial charge in [-0.1, -0.05) is 36.4 Å². The van der Waals surface area contributed by atoms with Gasteiger partial charge in [0.2, 0.25) is 0 Å². The number of aromatic nitrogens is 2. The van der Waals surface area contributed by atoms with E-state index in [1.54, 1.807) is 0 Å². The molecule has 0 unspecified atom stereocenters. The number of hydrogen-bond acceptors (Lipinski definition) is 7. The third kappa shape index (κ3) is 5.15. The van der Waals surface area contributed by atoms with Gasteiger partial charge in [-0.15, -0.1) is 0 Å². The van der Waals surface area contributed by atoms with Crippen LogP contribution in [0.1, 0.15) is 49.8 Å². The van der Waals surface area contributed by atoms with Crippen LogP contribution in [0.5, 0.6) is 6.01 Å². The number of likely N-dealkylation sites (tertiary alicyclic amines) is 1. The molecule has 0 spiro atoms. The summed E-state index contributed by atoms with van der Waals surface area (Å²) in [6, 6.07) is 18.5. The van der Waals surface area contributed by atoms with E-state index in [2.05, 4.69) is 70.3 Å². The Hall–Kier alpha value is -3.37. The lowest BCUT2D eigenvalue weighted by atomic mass is 9.95. The Morgan fingerprint density at radius 3 is 2.68 bits per heavy atom. The first-order valence-corrected chi connectivity index (χ1v) is 14.3. The number of fused-ring (bicyclic) bond motifs is 2. The van der Waals surface area contributed by atoms with E-state index < -0.39 is 0 Å². The largest absolute Gasteiger partial charge is 0.462 e. The molecular formula is C31H38N6O. The second-order valence-corrected chi connectivity index (χ2v) is 11.2. The van der Waals surface area contributed by atoms with Gasteiger partial charge in [0.15, 0.2) is 0 Å². The molecule has 2 atom stereocenters. The Bertz CT molecular complexity index is 1310. The molecule has 1 aromatic heterocycles. The summed E-state index contributed by atoms with van der Waals surface area (Å²) in [7, 11) is 2.18. The summed E-state index contributed by atoms with van der Waals surface area (Å²) in [5, 5.41) is 11.9. The van der Waals surface area contributed by atoms with Gasteiger partial charge >= 0.3 is 6.01 Å². The molecule has 7 heteroatoms. The maximum atomic E-state index is 9.33. The number of benzene rings is 2. The highest BCUT2D eigenvalue weighted by Gasteiger charge is 2.29. The van der Waals surface area contributed by atoms with E-state index in [1.165, 1.54) is 28.4 Å². The minimum Gasteiger partial charge on any atom is -0.462 e. The van der Waals surface area contributed by atoms with E-state index in [1.807, 2.05) is 0 Å². The molecule has 4 heterocycles. The van der Waals surface area contributed by atoms with E-state index in [9.17, 15) is 5.26 Å². The number of nitrogens with zero attached hydrogens (tertiary/aromatic N) is 6. The highest BCUT2D eigenvalue weighted by molar-refractivity contribution is 5.94. The third-order valence-corrected chi connectivity index (χ3v) is 8.63. The minimum atomic E-state index is 0.397. The fourth-order valence-electron chi connectivity index (χ4n) is 6.52. The van der Waals surface area contributed by atoms with Crippen LogP contribution in [0.4, 0.5) is 11.5 Å². The Kier molecular flexibility index (Phi) is 7.33. The molecule has 0 aliphatic carbocycles. The van der Waals surface area contributed by atoms with Gasteiger partial charge in [0.1, 0.15) is 12.4 Å². The van der Waals surface area contributed by atoms with Crippen molar-refractivity contribution in [3.05, 3.63) is 53.7 Å². The lowest BCUT2D eigenvalue weighted by molar-refractivity contribution is 0.187. The fourth-order valence-corrected chi connectivity index (χ4v) is 6.52. The van der Waals surface area contributed by atoms with Crippen LogP contribution in [-0.4, -0.2) is 60.7 Å². The van der Waals surface area contributed by atoms with Crippen molar-refractivity contribution in [1.82, 2.24) is 14.9 Å². The number of anilines is 2. The summed E-state index contributed by atoms with van der Waals surface area (Å²) in [5.74, 6) is 1.43. The number of hydrogen-bond donors (Lipinski definition) is 0. The first kappa shape index (κ1) is 24.9. The molecule has 2 fully saturated rings. The first-order valence-electron chi connectivity index (χ1n) is 14.3. The van der Waals surface area contributed by atoms with Gasteiger partial charge in [-0.25, -0.2) is 0 Å². The lowest BCUT2D eigenvalue weighted by Gasteiger charge is -2.34. The highest BCUT2D eigenvalue weighted by Crippen LogP contribution is 2.35. The molecule has 0 radical (unpaired) electrons. The molecule has 0 N–H and O–H groups in total. The highest BCUT2D eigenvalue weighted by atomic mass is 16.5. The predicted molar refractivity (Wildman–Crippen MR) is 152 cm³/mol. The lowest BCUT2D eigenvalue weighted by Crippen LogP contribution is -2.37. The molecule has 3 aromatic rings. The predicted octanol–water partition coefficient (Wildman–Crippen LogP) is 5.19. The van der Waals surface area contributed by atoms with Crippen molar-refractivity contribution in [3.8, 4) is 12.1 Å². The maximum absolute atomic E-state index is 9.33. The average molecular weight is 511 g/mol. The summed E-state index contributed by atoms with van der Waals surface area (Å²) in [5.41, 5.74) is 3.60. The van der Waals surface area contributed by atoms with Crippen LogP contribution in [0.25, 0.3) is 10.8 Å². The van der Waals surface area contributed by atoms with Gasteiger partial charge in [0, 0.05) is 48.7 Å². The molecule has 3 aliphatic heterocycles. The molecule has 3 aliphatic rings. The van der Waals surface area contributed by atoms with Crippen LogP contribution in [0.2, 0.25) is 0 Å². The summed E-state index contributed by atoms with van der Waals surface area (Å²) < 4.78 is 6.32. The summed E-state index contributed by atoms with van der Waals surface area (Å²) in [6.45, 7) is 5.33. The van der Waals surface area contributed by atoms with Gasteiger partial charge < -0.3 is 19.4 Å². The van der Waals surface area contributed by atoms with Crippen LogP contribution in [0.15, 0.2) is 42.5 Å². The number of ether oxygens (including phenoxy) is 1. The van der Waals surface area contributed by atoms with Gasteiger partial charge in [0.05, 0.1) is 18.3 Å². The minimum absolute atomic E-state index is 0.397. The molecular weight excluding hydrogens is 472 g/mol. The smallest absolute Gasteiger partial charge is 0.318 e. The summed E-state index contributed by atoms with van der Waals surface area (Å²) >= 11 is 0. The Morgan fingerprint density at radius 1 is 0.974 bits per heavy atom. The van der Waals surface area contributed by atoms with E-state index in [4.69, 9.17) is 14.7 Å². The Morgan fingerprint density at radius 2 is 1.82 bits per heavy atom. The average Bonchev–Trinajstić information content (AvgIpc) is 3.23. The summed E-state index contributed by atoms with van der Waals surface area (Å²) in [6.07, 6.45) is 7.20. The third-order valence-electron chi connectivity index (χ3n) is 8.63. The zero-order valence-corrected chi connectivity index (χ0v) is 22.5. The topological polar surface area (TPSA) is 68.5 Å². The SMILES string of the molecule is CN1CCC[C@H]1COc1nc2c(c(N3CCC[C@@H](CC#N)C3)n1)CCCN(c1cccc3ccccc13)C2. The zero-order chi connectivity index (χ0) is 25.9. The van der Waals surface area contributed by atoms with Gasteiger partial charge in [-0.3, -0.25) is 0 Å². The van der Waals surface area contributed by atoms with Crippen LogP contribution in [0.3, 0.4) is 0 Å². The molecule has 0 bridgehead atoms. The van der Waals surface area contributed by atoms with Crippen molar-refractivity contribution in [2.75, 3.05) is 49.6 Å². The van der Waals surface area contributed by atoms with E-state index in [-0.39, 0.29) is 0 Å². The quantitative estimate of drug-likeness (QED) is 0.452. The normalized spacial score (nSPS) is 22.2. The van der Waals surface area contributed by atoms with Crippen LogP contribution in [0, 0.1) is 17.2 Å². The van der Waals surface area contributed by atoms with Crippen molar-refractivity contribution >= 4 is 22.3 Å². The van der Waals surface area contributed by atoms with Crippen molar-refractivity contribution < 1.29 is 4.74 Å². The number of piperidine rings is 1. The number of nitriles is 1. The fraction of sp³-hybridized carbons (Fsp3) is 0.516. The van der Waals surface area contributed by atoms with Crippen LogP contribution < -0.4 is 14.5 Å². The van der Waals surface area contributed by atoms with Gasteiger partial charge in [-0.05, 0) is 69.5 Å². The molecule has 2 saturated heterocycles. The van der Waals surface area contributed by atoms with E-state index in [0.717, 1.165) is 76.3 Å². The number of rotatable bonds is 6. The Labute approximate surface area is 226 Å². The summed E-state index contributed by atoms with van der Waals surface area (Å²) in [4.78, 5) is 17.4. The first-order chi connectivity index (χ1) is 18.7. The van der Waals surface area contributed by atoms with Crippen molar-refractivity contribution in [2.45, 2.75) is 57.5 Å². The molecule has 2 aromatic carbocycles. The molecule has 38 heavy (non-hydrogen) atoms. The molecule has 0 amide bonds. The monoisotopic (exact) mass is 510 g/mol.